The number of rotatable bonds is 10. The van der Waals surface area contributed by atoms with Gasteiger partial charge in [-0.3, -0.25) is 14.5 Å². The quantitative estimate of drug-likeness (QED) is 0.191. The lowest BCUT2D eigenvalue weighted by Gasteiger charge is -2.23. The summed E-state index contributed by atoms with van der Waals surface area (Å²) in [6.45, 7) is 2.90. The zero-order valence-corrected chi connectivity index (χ0v) is 23.8. The molecule has 1 fully saturated rings. The van der Waals surface area contributed by atoms with Crippen molar-refractivity contribution in [2.45, 2.75) is 57.5 Å². The van der Waals surface area contributed by atoms with Crippen LogP contribution in [-0.2, 0) is 23.7 Å². The minimum absolute atomic E-state index is 0.0604. The summed E-state index contributed by atoms with van der Waals surface area (Å²) in [4.78, 5) is 17.9. The molecule has 2 heterocycles. The molecule has 3 atom stereocenters. The minimum atomic E-state index is -3.45. The Morgan fingerprint density at radius 3 is 2.45 bits per heavy atom. The molecule has 1 amide bonds. The van der Waals surface area contributed by atoms with Crippen LogP contribution in [0.3, 0.4) is 0 Å². The Morgan fingerprint density at radius 1 is 1.09 bits per heavy atom. The number of hydrogen-bond donors (Lipinski definition) is 1. The second-order valence-corrected chi connectivity index (χ2v) is 11.3. The van der Waals surface area contributed by atoms with Crippen molar-refractivity contribution in [1.29, 1.82) is 0 Å². The average molecular weight is 615 g/mol. The van der Waals surface area contributed by atoms with Gasteiger partial charge in [-0.2, -0.15) is 13.9 Å². The van der Waals surface area contributed by atoms with Crippen LogP contribution in [0.15, 0.2) is 60.8 Å². The Morgan fingerprint density at radius 2 is 1.80 bits per heavy atom. The number of nitrogens with one attached hydrogen (secondary N) is 1. The molecule has 1 N–H and O–H groups in total. The summed E-state index contributed by atoms with van der Waals surface area (Å²) >= 11 is 0. The molecule has 0 aliphatic heterocycles. The summed E-state index contributed by atoms with van der Waals surface area (Å²) < 4.78 is 93.0. The van der Waals surface area contributed by atoms with Crippen LogP contribution in [0.1, 0.15) is 66.9 Å². The van der Waals surface area contributed by atoms with E-state index in [9.17, 15) is 22.4 Å². The Hall–Kier alpha value is -4.35. The highest BCUT2D eigenvalue weighted by molar-refractivity contribution is 5.77. The molecule has 4 aromatic rings. The minimum Gasteiger partial charge on any atom is -0.494 e. The molecule has 0 bridgehead atoms. The van der Waals surface area contributed by atoms with Crippen molar-refractivity contribution >= 4 is 5.91 Å². The Balaban J connectivity index is 1.35. The average Bonchev–Trinajstić information content (AvgIpc) is 3.46. The van der Waals surface area contributed by atoms with Crippen LogP contribution in [0.25, 0.3) is 11.1 Å². The number of benzene rings is 2. The maximum absolute atomic E-state index is 15.4. The van der Waals surface area contributed by atoms with Crippen LogP contribution < -0.4 is 10.1 Å². The van der Waals surface area contributed by atoms with Gasteiger partial charge in [-0.05, 0) is 61.2 Å². The van der Waals surface area contributed by atoms with Crippen molar-refractivity contribution in [3.8, 4) is 16.9 Å². The number of carbonyl (C=O) groups is 1. The van der Waals surface area contributed by atoms with Crippen molar-refractivity contribution in [2.24, 2.45) is 5.41 Å². The Bertz CT molecular complexity index is 1700. The van der Waals surface area contributed by atoms with Gasteiger partial charge in [-0.15, -0.1) is 0 Å². The molecule has 2 aromatic heterocycles. The van der Waals surface area contributed by atoms with E-state index in [0.717, 1.165) is 12.1 Å². The third kappa shape index (κ3) is 5.09. The van der Waals surface area contributed by atoms with E-state index in [4.69, 9.17) is 4.74 Å². The van der Waals surface area contributed by atoms with Crippen molar-refractivity contribution < 1.29 is 35.9 Å². The van der Waals surface area contributed by atoms with E-state index >= 15 is 8.78 Å². The number of amides is 1. The Kier molecular flexibility index (Phi) is 7.41. The van der Waals surface area contributed by atoms with Gasteiger partial charge in [-0.25, -0.2) is 17.6 Å². The maximum atomic E-state index is 15.4. The fourth-order valence-corrected chi connectivity index (χ4v) is 6.24. The van der Waals surface area contributed by atoms with E-state index in [1.807, 2.05) is 6.92 Å². The summed E-state index contributed by atoms with van der Waals surface area (Å²) in [7, 11) is 0. The van der Waals surface area contributed by atoms with Gasteiger partial charge >= 0.3 is 0 Å². The molecular formula is C32H28F6N4O2. The Labute approximate surface area is 249 Å². The third-order valence-corrected chi connectivity index (χ3v) is 8.46. The topological polar surface area (TPSA) is 69.0 Å². The molecule has 0 radical (unpaired) electrons. The van der Waals surface area contributed by atoms with E-state index in [1.165, 1.54) is 13.1 Å². The predicted octanol–water partition coefficient (Wildman–Crippen LogP) is 7.26. The van der Waals surface area contributed by atoms with Crippen molar-refractivity contribution in [3.63, 3.8) is 0 Å². The van der Waals surface area contributed by atoms with Gasteiger partial charge in [-0.1, -0.05) is 25.1 Å². The molecule has 0 spiro atoms. The normalized spacial score (nSPS) is 20.2. The van der Waals surface area contributed by atoms with Gasteiger partial charge in [0.2, 0.25) is 5.91 Å². The van der Waals surface area contributed by atoms with E-state index in [0.29, 0.717) is 39.9 Å². The van der Waals surface area contributed by atoms with Crippen LogP contribution in [-0.4, -0.2) is 27.3 Å². The smallest absolute Gasteiger partial charge is 0.295 e. The van der Waals surface area contributed by atoms with Crippen molar-refractivity contribution in [1.82, 2.24) is 20.1 Å². The standard InChI is InChI=1S/C32H28F6N4O2/c1-3-44-21-8-6-18(7-9-21)22-5-4-10-39-27(22)24(13-17-11-19(33)14-20(34)12-17)40-25(43)16-42-29-26(28(41-42)30(35)36)23-15-31(23,2)32(29,37)38/h4-12,14,23-24,30H,3,13,15-16H2,1-2H3,(H,40,43). The second kappa shape index (κ2) is 11.0. The lowest BCUT2D eigenvalue weighted by Crippen LogP contribution is -2.35. The van der Waals surface area contributed by atoms with Crippen LogP contribution in [0.4, 0.5) is 26.3 Å². The molecule has 6 rings (SSSR count). The number of pyridine rings is 1. The molecule has 44 heavy (non-hydrogen) atoms. The van der Waals surface area contributed by atoms with E-state index < -0.39 is 65.2 Å². The van der Waals surface area contributed by atoms with E-state index in [2.05, 4.69) is 15.4 Å². The lowest BCUT2D eigenvalue weighted by molar-refractivity contribution is -0.123. The van der Waals surface area contributed by atoms with E-state index in [-0.39, 0.29) is 24.0 Å². The fourth-order valence-electron chi connectivity index (χ4n) is 6.24. The lowest BCUT2D eigenvalue weighted by atomic mass is 9.95. The fraction of sp³-hybridized carbons (Fsp3) is 0.344. The number of alkyl halides is 4. The number of hydrogen-bond acceptors (Lipinski definition) is 4. The molecule has 2 aliphatic rings. The first-order chi connectivity index (χ1) is 20.9. The van der Waals surface area contributed by atoms with Crippen molar-refractivity contribution in [2.75, 3.05) is 6.61 Å². The first kappa shape index (κ1) is 29.7. The number of nitrogens with zero attached hydrogens (tertiary/aromatic N) is 3. The van der Waals surface area contributed by atoms with Gasteiger partial charge < -0.3 is 10.1 Å². The molecule has 2 aromatic carbocycles. The summed E-state index contributed by atoms with van der Waals surface area (Å²) in [6.07, 6.45) is -1.66. The summed E-state index contributed by atoms with van der Waals surface area (Å²) in [5.41, 5.74) is -1.24. The van der Waals surface area contributed by atoms with Crippen LogP contribution >= 0.6 is 0 Å². The van der Waals surface area contributed by atoms with Gasteiger partial charge in [0.05, 0.1) is 18.3 Å². The SMILES string of the molecule is CCOc1ccc(-c2cccnc2C(Cc2cc(F)cc(F)c2)NC(=O)Cn2nc(C(F)F)c3c2C(F)(F)C2(C)CC32)cc1. The van der Waals surface area contributed by atoms with Gasteiger partial charge in [0.15, 0.2) is 0 Å². The first-order valence-corrected chi connectivity index (χ1v) is 14.1. The van der Waals surface area contributed by atoms with Gasteiger partial charge in [0.1, 0.15) is 35.3 Å². The molecule has 0 saturated heterocycles. The largest absolute Gasteiger partial charge is 0.494 e. The highest BCUT2D eigenvalue weighted by Gasteiger charge is 2.75. The predicted molar refractivity (Wildman–Crippen MR) is 148 cm³/mol. The second-order valence-electron chi connectivity index (χ2n) is 11.3. The highest BCUT2D eigenvalue weighted by atomic mass is 19.3. The molecule has 2 aliphatic carbocycles. The maximum Gasteiger partial charge on any atom is 0.295 e. The molecular weight excluding hydrogens is 586 g/mol. The number of carbonyl (C=O) groups excluding carboxylic acids is 1. The van der Waals surface area contributed by atoms with Crippen LogP contribution in [0, 0.1) is 17.0 Å². The monoisotopic (exact) mass is 614 g/mol. The summed E-state index contributed by atoms with van der Waals surface area (Å²) in [5, 5.41) is 6.49. The van der Waals surface area contributed by atoms with Gasteiger partial charge in [0, 0.05) is 34.7 Å². The zero-order chi connectivity index (χ0) is 31.4. The summed E-state index contributed by atoms with van der Waals surface area (Å²) in [6, 6.07) is 12.5. The molecule has 12 heteroatoms. The molecule has 230 valence electrons. The third-order valence-electron chi connectivity index (χ3n) is 8.46. The summed E-state index contributed by atoms with van der Waals surface area (Å²) in [5.74, 6) is -6.03. The molecule has 1 saturated carbocycles. The van der Waals surface area contributed by atoms with E-state index in [1.54, 1.807) is 36.4 Å². The number of fused-ring (bicyclic) bond motifs is 3. The zero-order valence-electron chi connectivity index (χ0n) is 23.8. The molecule has 3 unspecified atom stereocenters. The highest BCUT2D eigenvalue weighted by Crippen LogP contribution is 2.76. The number of aromatic nitrogens is 3. The van der Waals surface area contributed by atoms with Crippen molar-refractivity contribution in [3.05, 3.63) is 101 Å². The molecule has 6 nitrogen and oxygen atoms in total. The number of ether oxygens (including phenoxy) is 1. The van der Waals surface area contributed by atoms with Crippen LogP contribution in [0.5, 0.6) is 5.75 Å². The number of halogens is 6. The van der Waals surface area contributed by atoms with Crippen LogP contribution in [0.2, 0.25) is 0 Å². The van der Waals surface area contributed by atoms with Gasteiger partial charge in [0.25, 0.3) is 12.3 Å². The first-order valence-electron chi connectivity index (χ1n) is 14.1.